The van der Waals surface area contributed by atoms with Crippen molar-refractivity contribution in [3.63, 3.8) is 0 Å². The highest BCUT2D eigenvalue weighted by atomic mass is 16.5. The molecule has 0 radical (unpaired) electrons. The van der Waals surface area contributed by atoms with Crippen LogP contribution in [0.4, 0.5) is 9.59 Å². The average molecular weight is 599 g/mol. The maximum absolute atomic E-state index is 14.3. The minimum atomic E-state index is -1.06. The van der Waals surface area contributed by atoms with Crippen LogP contribution in [0.3, 0.4) is 0 Å². The largest absolute Gasteiger partial charge is 0.361 e. The summed E-state index contributed by atoms with van der Waals surface area (Å²) >= 11 is 0. The second-order valence-electron chi connectivity index (χ2n) is 13.7. The number of rotatable bonds is 22. The van der Waals surface area contributed by atoms with Crippen LogP contribution in [0.5, 0.6) is 0 Å². The average Bonchev–Trinajstić information content (AvgIpc) is 3.18. The molecule has 246 valence electrons. The van der Waals surface area contributed by atoms with Crippen molar-refractivity contribution in [2.24, 2.45) is 23.7 Å². The third-order valence-electron chi connectivity index (χ3n) is 8.46. The Hall–Kier alpha value is -1.62. The van der Waals surface area contributed by atoms with Gasteiger partial charge in [0, 0.05) is 26.4 Å². The van der Waals surface area contributed by atoms with Crippen LogP contribution in [0.1, 0.15) is 108 Å². The Morgan fingerprint density at radius 2 is 0.833 bits per heavy atom. The number of nitrogens with zero attached hydrogens (tertiary/aromatic N) is 4. The molecule has 0 aromatic carbocycles. The van der Waals surface area contributed by atoms with E-state index < -0.39 is 11.3 Å². The van der Waals surface area contributed by atoms with Crippen LogP contribution in [0, 0.1) is 23.7 Å². The molecule has 10 nitrogen and oxygen atoms in total. The zero-order valence-corrected chi connectivity index (χ0v) is 28.4. The van der Waals surface area contributed by atoms with Gasteiger partial charge in [-0.3, -0.25) is 19.6 Å². The molecule has 0 aromatic heterocycles. The van der Waals surface area contributed by atoms with E-state index in [0.717, 1.165) is 32.1 Å². The monoisotopic (exact) mass is 598 g/mol. The van der Waals surface area contributed by atoms with Crippen LogP contribution in [0.2, 0.25) is 0 Å². The van der Waals surface area contributed by atoms with Crippen LogP contribution >= 0.6 is 0 Å². The van der Waals surface area contributed by atoms with E-state index >= 15 is 0 Å². The molecule has 0 aromatic rings. The molecule has 0 spiro atoms. The number of hydrogen-bond donors (Lipinski definition) is 0. The molecule has 0 atom stereocenters. The van der Waals surface area contributed by atoms with Gasteiger partial charge in [-0.1, -0.05) is 68.7 Å². The van der Waals surface area contributed by atoms with E-state index in [2.05, 4.69) is 62.3 Å². The predicted octanol–water partition coefficient (Wildman–Crippen LogP) is 6.76. The Kier molecular flexibility index (Phi) is 14.8. The summed E-state index contributed by atoms with van der Waals surface area (Å²) in [5, 5.41) is 0. The number of carbonyl (C=O) groups excluding carboxylic acids is 2. The fourth-order valence-electron chi connectivity index (χ4n) is 5.66. The van der Waals surface area contributed by atoms with Gasteiger partial charge in [-0.2, -0.15) is 0 Å². The molecule has 0 aliphatic carbocycles. The van der Waals surface area contributed by atoms with Crippen molar-refractivity contribution in [2.45, 2.75) is 119 Å². The molecule has 0 bridgehead atoms. The van der Waals surface area contributed by atoms with Crippen LogP contribution in [0.25, 0.3) is 0 Å². The molecular weight excluding hydrogens is 536 g/mol. The predicted molar refractivity (Wildman–Crippen MR) is 165 cm³/mol. The maximum Gasteiger partial charge on any atom is 0.327 e. The molecule has 0 unspecified atom stereocenters. The van der Waals surface area contributed by atoms with Crippen LogP contribution < -0.4 is 0 Å². The van der Waals surface area contributed by atoms with Gasteiger partial charge < -0.3 is 18.9 Å². The molecule has 0 saturated carbocycles. The van der Waals surface area contributed by atoms with E-state index in [1.165, 1.54) is 0 Å². The summed E-state index contributed by atoms with van der Waals surface area (Å²) in [7, 11) is 0. The van der Waals surface area contributed by atoms with E-state index in [4.69, 9.17) is 18.9 Å². The normalized spacial score (nSPS) is 22.8. The fourth-order valence-corrected chi connectivity index (χ4v) is 5.66. The molecule has 0 N–H and O–H groups in total. The first kappa shape index (κ1) is 36.6. The van der Waals surface area contributed by atoms with Gasteiger partial charge in [0.1, 0.15) is 26.9 Å². The highest BCUT2D eigenvalue weighted by Crippen LogP contribution is 2.53. The molecular formula is C32H62N4O6. The van der Waals surface area contributed by atoms with Gasteiger partial charge in [0.25, 0.3) is 0 Å². The van der Waals surface area contributed by atoms with Gasteiger partial charge in [0.2, 0.25) is 0 Å². The van der Waals surface area contributed by atoms with Crippen molar-refractivity contribution < 1.29 is 28.5 Å². The highest BCUT2D eigenvalue weighted by molar-refractivity contribution is 5.88. The summed E-state index contributed by atoms with van der Waals surface area (Å²) < 4.78 is 24.5. The molecule has 2 rings (SSSR count). The van der Waals surface area contributed by atoms with Crippen molar-refractivity contribution in [2.75, 3.05) is 53.4 Å². The molecule has 2 heterocycles. The number of carbonyl (C=O) groups is 2. The van der Waals surface area contributed by atoms with Gasteiger partial charge in [0.05, 0.1) is 0 Å². The first-order valence-corrected chi connectivity index (χ1v) is 16.3. The lowest BCUT2D eigenvalue weighted by atomic mass is 9.89. The number of fused-ring (bicyclic) bond motifs is 1. The fraction of sp³-hybridized carbons (Fsp3) is 0.938. The summed E-state index contributed by atoms with van der Waals surface area (Å²) in [6.07, 6.45) is 4.87. The van der Waals surface area contributed by atoms with Crippen molar-refractivity contribution in [3.05, 3.63) is 0 Å². The summed E-state index contributed by atoms with van der Waals surface area (Å²) in [5.74, 6) is 1.93. The summed E-state index contributed by atoms with van der Waals surface area (Å²) in [6, 6.07) is -0.404. The first-order chi connectivity index (χ1) is 19.8. The molecule has 2 aliphatic heterocycles. The Labute approximate surface area is 256 Å². The first-order valence-electron chi connectivity index (χ1n) is 16.3. The third kappa shape index (κ3) is 8.51. The standard InChI is InChI=1S/C32H62N4O6/c1-11-16-32-31(10,33(21-39-17-12-25(2)3)29(37)35(32)23-41-19-14-27(6)7)34(22-40-18-13-26(4)5)30(38)36(32)24-42-20-15-28(8)9/h25-28H,11-24H2,1-10H3. The molecule has 2 aliphatic rings. The van der Waals surface area contributed by atoms with E-state index in [1.807, 2.05) is 6.92 Å². The molecule has 2 saturated heterocycles. The minimum absolute atomic E-state index is 0.0772. The Bertz CT molecular complexity index is 765. The quantitative estimate of drug-likeness (QED) is 0.128. The second kappa shape index (κ2) is 17.0. The third-order valence-corrected chi connectivity index (χ3v) is 8.46. The zero-order valence-electron chi connectivity index (χ0n) is 28.4. The highest BCUT2D eigenvalue weighted by Gasteiger charge is 2.76. The van der Waals surface area contributed by atoms with Crippen LogP contribution in [-0.2, 0) is 18.9 Å². The SMILES string of the molecule is CCCC12N(COCCC(C)C)C(=O)N(COCCC(C)C)C1(C)N(COCCC(C)C)C(=O)N2COCCC(C)C. The lowest BCUT2D eigenvalue weighted by Crippen LogP contribution is -2.67. The van der Waals surface area contributed by atoms with Crippen molar-refractivity contribution >= 4 is 12.1 Å². The molecule has 10 heteroatoms. The maximum atomic E-state index is 14.3. The zero-order chi connectivity index (χ0) is 31.5. The Balaban J connectivity index is 2.52. The van der Waals surface area contributed by atoms with E-state index in [-0.39, 0.29) is 39.0 Å². The van der Waals surface area contributed by atoms with Gasteiger partial charge in [-0.15, -0.1) is 0 Å². The lowest BCUT2D eigenvalue weighted by molar-refractivity contribution is -0.139. The van der Waals surface area contributed by atoms with Gasteiger partial charge in [-0.05, 0) is 62.7 Å². The van der Waals surface area contributed by atoms with Gasteiger partial charge in [-0.25, -0.2) is 9.59 Å². The number of urea groups is 2. The van der Waals surface area contributed by atoms with Gasteiger partial charge >= 0.3 is 12.1 Å². The van der Waals surface area contributed by atoms with E-state index in [0.29, 0.717) is 56.5 Å². The second-order valence-corrected chi connectivity index (χ2v) is 13.7. The van der Waals surface area contributed by atoms with E-state index in [1.54, 1.807) is 19.6 Å². The van der Waals surface area contributed by atoms with Crippen molar-refractivity contribution in [3.8, 4) is 0 Å². The summed E-state index contributed by atoms with van der Waals surface area (Å²) in [5.41, 5.74) is -2.08. The van der Waals surface area contributed by atoms with Crippen molar-refractivity contribution in [1.82, 2.24) is 19.6 Å². The lowest BCUT2D eigenvalue weighted by Gasteiger charge is -2.47. The number of ether oxygens (including phenoxy) is 4. The Morgan fingerprint density at radius 3 is 1.10 bits per heavy atom. The number of amides is 4. The molecule has 2 fully saturated rings. The van der Waals surface area contributed by atoms with Crippen LogP contribution in [-0.4, -0.2) is 96.3 Å². The van der Waals surface area contributed by atoms with Gasteiger partial charge in [0.15, 0.2) is 11.3 Å². The molecule has 42 heavy (non-hydrogen) atoms. The van der Waals surface area contributed by atoms with Crippen LogP contribution in [0.15, 0.2) is 0 Å². The smallest absolute Gasteiger partial charge is 0.327 e. The Morgan fingerprint density at radius 1 is 0.548 bits per heavy atom. The molecule has 4 amide bonds. The summed E-state index contributed by atoms with van der Waals surface area (Å²) in [6.45, 7) is 23.7. The summed E-state index contributed by atoms with van der Waals surface area (Å²) in [4.78, 5) is 35.6. The van der Waals surface area contributed by atoms with Crippen molar-refractivity contribution in [1.29, 1.82) is 0 Å². The number of hydrogen-bond acceptors (Lipinski definition) is 6. The van der Waals surface area contributed by atoms with E-state index in [9.17, 15) is 9.59 Å². The topological polar surface area (TPSA) is 84.0 Å². The minimum Gasteiger partial charge on any atom is -0.361 e.